The Labute approximate surface area is 153 Å². The normalized spacial score (nSPS) is 12.0. The summed E-state index contributed by atoms with van der Waals surface area (Å²) in [5.41, 5.74) is 0.816. The van der Waals surface area contributed by atoms with Crippen molar-refractivity contribution < 1.29 is 13.2 Å². The van der Waals surface area contributed by atoms with Crippen molar-refractivity contribution >= 4 is 27.5 Å². The number of hydrogen-bond donors (Lipinski definition) is 2. The number of sulfonamides is 1. The number of nitrogens with one attached hydrogen (secondary N) is 2. The van der Waals surface area contributed by atoms with Crippen LogP contribution in [0.5, 0.6) is 0 Å². The maximum atomic E-state index is 12.6. The molecule has 0 aliphatic rings. The lowest BCUT2D eigenvalue weighted by atomic mass is 9.83. The molecule has 134 valence electrons. The van der Waals surface area contributed by atoms with E-state index in [0.29, 0.717) is 10.6 Å². The molecule has 0 aliphatic carbocycles. The highest BCUT2D eigenvalue weighted by atomic mass is 35.5. The van der Waals surface area contributed by atoms with Gasteiger partial charge in [0, 0.05) is 11.6 Å². The zero-order chi connectivity index (χ0) is 18.7. The van der Waals surface area contributed by atoms with Crippen LogP contribution in [0.3, 0.4) is 0 Å². The van der Waals surface area contributed by atoms with Crippen LogP contribution in [0.2, 0.25) is 5.02 Å². The summed E-state index contributed by atoms with van der Waals surface area (Å²) in [7, 11) is -2.15. The van der Waals surface area contributed by atoms with Crippen LogP contribution < -0.4 is 10.0 Å². The Morgan fingerprint density at radius 1 is 1.12 bits per heavy atom. The van der Waals surface area contributed by atoms with Crippen LogP contribution in [0.25, 0.3) is 0 Å². The van der Waals surface area contributed by atoms with Crippen LogP contribution in [-0.4, -0.2) is 21.4 Å². The highest BCUT2D eigenvalue weighted by Crippen LogP contribution is 2.25. The molecular formula is C18H21ClN2O3S. The summed E-state index contributed by atoms with van der Waals surface area (Å²) in [5, 5.41) is 3.48. The van der Waals surface area contributed by atoms with Crippen LogP contribution in [0.15, 0.2) is 53.4 Å². The maximum absolute atomic E-state index is 12.6. The second kappa shape index (κ2) is 7.56. The van der Waals surface area contributed by atoms with Gasteiger partial charge in [0.25, 0.3) is 0 Å². The molecule has 0 fully saturated rings. The zero-order valence-corrected chi connectivity index (χ0v) is 15.9. The molecule has 2 N–H and O–H groups in total. The fourth-order valence-corrected chi connectivity index (χ4v) is 3.27. The molecule has 2 rings (SSSR count). The van der Waals surface area contributed by atoms with Gasteiger partial charge in [0.05, 0.1) is 10.3 Å². The fraction of sp³-hybridized carbons (Fsp3) is 0.278. The molecule has 1 amide bonds. The third-order valence-corrected chi connectivity index (χ3v) is 5.73. The van der Waals surface area contributed by atoms with E-state index in [1.807, 2.05) is 26.0 Å². The van der Waals surface area contributed by atoms with Gasteiger partial charge < -0.3 is 5.32 Å². The standard InChI is InChI=1S/C18H21ClN2O3S/c1-18(2,14-7-9-15(19)10-8-14)17(22)21-12-13-5-4-6-16(11-13)25(23,24)20-3/h4-11,20H,12H2,1-3H3,(H,21,22). The van der Waals surface area contributed by atoms with Gasteiger partial charge in [-0.1, -0.05) is 35.9 Å². The quantitative estimate of drug-likeness (QED) is 0.809. The van der Waals surface area contributed by atoms with E-state index < -0.39 is 15.4 Å². The zero-order valence-electron chi connectivity index (χ0n) is 14.3. The number of hydrogen-bond acceptors (Lipinski definition) is 3. The predicted molar refractivity (Wildman–Crippen MR) is 99.0 cm³/mol. The molecule has 0 spiro atoms. The molecule has 0 saturated carbocycles. The Balaban J connectivity index is 2.12. The van der Waals surface area contributed by atoms with Crippen molar-refractivity contribution in [3.8, 4) is 0 Å². The molecule has 2 aromatic carbocycles. The lowest BCUT2D eigenvalue weighted by Gasteiger charge is -2.24. The van der Waals surface area contributed by atoms with E-state index in [2.05, 4.69) is 10.0 Å². The first-order chi connectivity index (χ1) is 11.7. The minimum Gasteiger partial charge on any atom is -0.351 e. The molecule has 0 bridgehead atoms. The summed E-state index contributed by atoms with van der Waals surface area (Å²) in [6.45, 7) is 3.89. The molecule has 0 unspecified atom stereocenters. The van der Waals surface area contributed by atoms with Crippen molar-refractivity contribution in [2.45, 2.75) is 30.7 Å². The molecule has 0 heterocycles. The predicted octanol–water partition coefficient (Wildman–Crippen LogP) is 2.84. The lowest BCUT2D eigenvalue weighted by molar-refractivity contribution is -0.125. The van der Waals surface area contributed by atoms with Gasteiger partial charge >= 0.3 is 0 Å². The van der Waals surface area contributed by atoms with Crippen molar-refractivity contribution in [3.05, 3.63) is 64.7 Å². The summed E-state index contributed by atoms with van der Waals surface area (Å²) in [4.78, 5) is 12.8. The molecule has 0 aliphatic heterocycles. The Morgan fingerprint density at radius 3 is 2.36 bits per heavy atom. The second-order valence-electron chi connectivity index (χ2n) is 6.17. The van der Waals surface area contributed by atoms with Crippen molar-refractivity contribution in [2.24, 2.45) is 0 Å². The van der Waals surface area contributed by atoms with Crippen LogP contribution >= 0.6 is 11.6 Å². The van der Waals surface area contributed by atoms with Gasteiger partial charge in [-0.05, 0) is 56.3 Å². The Bertz CT molecular complexity index is 862. The van der Waals surface area contributed by atoms with E-state index >= 15 is 0 Å². The lowest BCUT2D eigenvalue weighted by Crippen LogP contribution is -2.39. The van der Waals surface area contributed by atoms with E-state index in [0.717, 1.165) is 5.56 Å². The average molecular weight is 381 g/mol. The molecule has 0 saturated heterocycles. The maximum Gasteiger partial charge on any atom is 0.240 e. The minimum atomic E-state index is -3.51. The van der Waals surface area contributed by atoms with E-state index in [1.54, 1.807) is 30.3 Å². The topological polar surface area (TPSA) is 75.3 Å². The molecule has 0 atom stereocenters. The van der Waals surface area contributed by atoms with E-state index in [9.17, 15) is 13.2 Å². The smallest absolute Gasteiger partial charge is 0.240 e. The van der Waals surface area contributed by atoms with Gasteiger partial charge in [-0.25, -0.2) is 13.1 Å². The summed E-state index contributed by atoms with van der Waals surface area (Å²) >= 11 is 5.89. The Kier molecular flexibility index (Phi) is 5.87. The van der Waals surface area contributed by atoms with E-state index in [-0.39, 0.29) is 17.3 Å². The van der Waals surface area contributed by atoms with Gasteiger partial charge in [0.2, 0.25) is 15.9 Å². The van der Waals surface area contributed by atoms with E-state index in [1.165, 1.54) is 13.1 Å². The van der Waals surface area contributed by atoms with Crippen molar-refractivity contribution in [3.63, 3.8) is 0 Å². The highest BCUT2D eigenvalue weighted by Gasteiger charge is 2.29. The summed E-state index contributed by atoms with van der Waals surface area (Å²) in [6.07, 6.45) is 0. The average Bonchev–Trinajstić information content (AvgIpc) is 2.60. The van der Waals surface area contributed by atoms with Crippen molar-refractivity contribution in [1.82, 2.24) is 10.0 Å². The summed E-state index contributed by atoms with van der Waals surface area (Å²) in [5.74, 6) is -0.156. The number of carbonyl (C=O) groups excluding carboxylic acids is 1. The van der Waals surface area contributed by atoms with Gasteiger partial charge in [-0.15, -0.1) is 0 Å². The van der Waals surface area contributed by atoms with Gasteiger partial charge in [-0.2, -0.15) is 0 Å². The first-order valence-electron chi connectivity index (χ1n) is 7.73. The fourth-order valence-electron chi connectivity index (χ4n) is 2.34. The van der Waals surface area contributed by atoms with Crippen molar-refractivity contribution in [1.29, 1.82) is 0 Å². The molecule has 5 nitrogen and oxygen atoms in total. The van der Waals surface area contributed by atoms with Crippen LogP contribution in [0, 0.1) is 0 Å². The summed E-state index contributed by atoms with van der Waals surface area (Å²) in [6, 6.07) is 13.6. The first kappa shape index (κ1) is 19.4. The number of amides is 1. The first-order valence-corrected chi connectivity index (χ1v) is 9.60. The largest absolute Gasteiger partial charge is 0.351 e. The second-order valence-corrected chi connectivity index (χ2v) is 8.49. The molecular weight excluding hydrogens is 360 g/mol. The van der Waals surface area contributed by atoms with Crippen LogP contribution in [0.1, 0.15) is 25.0 Å². The van der Waals surface area contributed by atoms with Gasteiger partial charge in [-0.3, -0.25) is 4.79 Å². The number of rotatable bonds is 6. The Morgan fingerprint density at radius 2 is 1.76 bits per heavy atom. The molecule has 25 heavy (non-hydrogen) atoms. The third-order valence-electron chi connectivity index (χ3n) is 4.06. The summed E-state index contributed by atoms with van der Waals surface area (Å²) < 4.78 is 26.0. The van der Waals surface area contributed by atoms with Gasteiger partial charge in [0.1, 0.15) is 0 Å². The number of benzene rings is 2. The van der Waals surface area contributed by atoms with Crippen molar-refractivity contribution in [2.75, 3.05) is 7.05 Å². The number of carbonyl (C=O) groups is 1. The molecule has 2 aromatic rings. The molecule has 0 aromatic heterocycles. The van der Waals surface area contributed by atoms with E-state index in [4.69, 9.17) is 11.6 Å². The molecule has 7 heteroatoms. The van der Waals surface area contributed by atoms with Crippen LogP contribution in [0.4, 0.5) is 0 Å². The van der Waals surface area contributed by atoms with Gasteiger partial charge in [0.15, 0.2) is 0 Å². The van der Waals surface area contributed by atoms with Crippen LogP contribution in [-0.2, 0) is 26.8 Å². The SMILES string of the molecule is CNS(=O)(=O)c1cccc(CNC(=O)C(C)(C)c2ccc(Cl)cc2)c1. The molecule has 0 radical (unpaired) electrons. The monoisotopic (exact) mass is 380 g/mol. The highest BCUT2D eigenvalue weighted by molar-refractivity contribution is 7.89. The minimum absolute atomic E-state index is 0.156. The Hall–Kier alpha value is -1.89. The third kappa shape index (κ3) is 4.60. The number of halogens is 1.